The van der Waals surface area contributed by atoms with Crippen LogP contribution in [0.2, 0.25) is 0 Å². The molecule has 7 nitrogen and oxygen atoms in total. The molecule has 3 unspecified atom stereocenters. The van der Waals surface area contributed by atoms with Gasteiger partial charge in [0.25, 0.3) is 5.91 Å². The minimum atomic E-state index is -0.330. The zero-order chi connectivity index (χ0) is 24.1. The van der Waals surface area contributed by atoms with Crippen LogP contribution in [0.1, 0.15) is 42.2 Å². The molecule has 0 saturated heterocycles. The van der Waals surface area contributed by atoms with Gasteiger partial charge in [0, 0.05) is 28.5 Å². The van der Waals surface area contributed by atoms with Gasteiger partial charge in [0.1, 0.15) is 0 Å². The van der Waals surface area contributed by atoms with Crippen molar-refractivity contribution in [3.63, 3.8) is 0 Å². The molecular formula is C27H28N4O3. The minimum Gasteiger partial charge on any atom is -0.346 e. The molecule has 1 fully saturated rings. The van der Waals surface area contributed by atoms with E-state index >= 15 is 0 Å². The first-order chi connectivity index (χ1) is 16.4. The zero-order valence-corrected chi connectivity index (χ0v) is 19.2. The number of hydrogen-bond donors (Lipinski definition) is 4. The summed E-state index contributed by atoms with van der Waals surface area (Å²) in [5.74, 6) is 0.268. The van der Waals surface area contributed by atoms with E-state index < -0.39 is 0 Å². The highest BCUT2D eigenvalue weighted by Crippen LogP contribution is 2.38. The van der Waals surface area contributed by atoms with E-state index in [0.29, 0.717) is 28.5 Å². The van der Waals surface area contributed by atoms with Crippen molar-refractivity contribution in [2.24, 2.45) is 11.8 Å². The maximum absolute atomic E-state index is 12.8. The highest BCUT2D eigenvalue weighted by molar-refractivity contribution is 6.00. The summed E-state index contributed by atoms with van der Waals surface area (Å²) < 4.78 is 0. The van der Waals surface area contributed by atoms with Crippen LogP contribution >= 0.6 is 0 Å². The SMILES string of the molecule is CC(NC(=O)c1cccc(NC(=O)C2CC2C)c1)c1ccc(NC(=O)Nc2ccccc2)cc1. The molecule has 0 aliphatic heterocycles. The second-order valence-corrected chi connectivity index (χ2v) is 8.65. The second-order valence-electron chi connectivity index (χ2n) is 8.65. The molecule has 3 atom stereocenters. The van der Waals surface area contributed by atoms with Crippen molar-refractivity contribution in [1.29, 1.82) is 0 Å². The standard InChI is InChI=1S/C27H28N4O3/c1-17-15-24(17)26(33)29-23-10-6-7-20(16-23)25(32)28-18(2)19-11-13-22(14-12-19)31-27(34)30-21-8-4-3-5-9-21/h3-14,16-18,24H,15H2,1-2H3,(H,28,32)(H,29,33)(H2,30,31,34). The number of carbonyl (C=O) groups excluding carboxylic acids is 3. The number of nitrogens with one attached hydrogen (secondary N) is 4. The molecule has 0 spiro atoms. The van der Waals surface area contributed by atoms with Crippen LogP contribution in [0.15, 0.2) is 78.9 Å². The lowest BCUT2D eigenvalue weighted by Crippen LogP contribution is -2.27. The molecule has 1 aliphatic carbocycles. The first kappa shape index (κ1) is 23.0. The molecule has 0 bridgehead atoms. The Labute approximate surface area is 199 Å². The topological polar surface area (TPSA) is 99.3 Å². The predicted octanol–water partition coefficient (Wildman–Crippen LogP) is 5.42. The van der Waals surface area contributed by atoms with Gasteiger partial charge in [-0.25, -0.2) is 4.79 Å². The maximum atomic E-state index is 12.8. The average molecular weight is 457 g/mol. The molecule has 174 valence electrons. The Bertz CT molecular complexity index is 1180. The fourth-order valence-corrected chi connectivity index (χ4v) is 3.69. The van der Waals surface area contributed by atoms with Gasteiger partial charge in [-0.05, 0) is 67.3 Å². The summed E-state index contributed by atoms with van der Waals surface area (Å²) >= 11 is 0. The van der Waals surface area contributed by atoms with E-state index in [1.807, 2.05) is 49.4 Å². The monoisotopic (exact) mass is 456 g/mol. The van der Waals surface area contributed by atoms with Crippen LogP contribution in [0.3, 0.4) is 0 Å². The number of urea groups is 1. The molecule has 3 aromatic carbocycles. The minimum absolute atomic E-state index is 0.00424. The van der Waals surface area contributed by atoms with Crippen molar-refractivity contribution < 1.29 is 14.4 Å². The third-order valence-corrected chi connectivity index (χ3v) is 5.89. The van der Waals surface area contributed by atoms with Crippen molar-refractivity contribution in [1.82, 2.24) is 5.32 Å². The van der Waals surface area contributed by atoms with Crippen molar-refractivity contribution >= 4 is 34.9 Å². The van der Waals surface area contributed by atoms with E-state index in [2.05, 4.69) is 28.2 Å². The van der Waals surface area contributed by atoms with Crippen LogP contribution in [-0.4, -0.2) is 17.8 Å². The average Bonchev–Trinajstić information content (AvgIpc) is 3.57. The molecule has 7 heteroatoms. The summed E-state index contributed by atoms with van der Waals surface area (Å²) in [5, 5.41) is 11.4. The quantitative estimate of drug-likeness (QED) is 0.382. The van der Waals surface area contributed by atoms with Gasteiger partial charge in [-0.1, -0.05) is 43.3 Å². The summed E-state index contributed by atoms with van der Waals surface area (Å²) in [5.41, 5.74) is 3.34. The van der Waals surface area contributed by atoms with Gasteiger partial charge in [0.2, 0.25) is 5.91 Å². The molecule has 0 heterocycles. The van der Waals surface area contributed by atoms with Crippen molar-refractivity contribution in [2.75, 3.05) is 16.0 Å². The van der Waals surface area contributed by atoms with Gasteiger partial charge in [-0.2, -0.15) is 0 Å². The van der Waals surface area contributed by atoms with E-state index in [1.165, 1.54) is 0 Å². The Hall–Kier alpha value is -4.13. The van der Waals surface area contributed by atoms with Crippen LogP contribution in [-0.2, 0) is 4.79 Å². The molecule has 1 aliphatic rings. The van der Waals surface area contributed by atoms with Gasteiger partial charge in [0.15, 0.2) is 0 Å². The molecule has 4 amide bonds. The van der Waals surface area contributed by atoms with Crippen molar-refractivity contribution in [3.05, 3.63) is 90.0 Å². The first-order valence-electron chi connectivity index (χ1n) is 11.3. The van der Waals surface area contributed by atoms with E-state index in [9.17, 15) is 14.4 Å². The summed E-state index contributed by atoms with van der Waals surface area (Å²) in [7, 11) is 0. The predicted molar refractivity (Wildman–Crippen MR) is 134 cm³/mol. The number of para-hydroxylation sites is 1. The number of carbonyl (C=O) groups is 3. The smallest absolute Gasteiger partial charge is 0.323 e. The van der Waals surface area contributed by atoms with Gasteiger partial charge >= 0.3 is 6.03 Å². The number of amides is 4. The van der Waals surface area contributed by atoms with Gasteiger partial charge < -0.3 is 21.3 Å². The number of anilines is 3. The van der Waals surface area contributed by atoms with Crippen LogP contribution in [0.5, 0.6) is 0 Å². The highest BCUT2D eigenvalue weighted by Gasteiger charge is 2.39. The second kappa shape index (κ2) is 10.2. The molecule has 1 saturated carbocycles. The van der Waals surface area contributed by atoms with Gasteiger partial charge in [-0.15, -0.1) is 0 Å². The van der Waals surface area contributed by atoms with Gasteiger partial charge in [0.05, 0.1) is 6.04 Å². The third-order valence-electron chi connectivity index (χ3n) is 5.89. The largest absolute Gasteiger partial charge is 0.346 e. The van der Waals surface area contributed by atoms with E-state index in [-0.39, 0.29) is 29.8 Å². The Balaban J connectivity index is 1.31. The van der Waals surface area contributed by atoms with Crippen LogP contribution in [0.25, 0.3) is 0 Å². The summed E-state index contributed by atoms with van der Waals surface area (Å²) in [4.78, 5) is 37.1. The van der Waals surface area contributed by atoms with Crippen LogP contribution < -0.4 is 21.3 Å². The van der Waals surface area contributed by atoms with Crippen molar-refractivity contribution in [2.45, 2.75) is 26.3 Å². The van der Waals surface area contributed by atoms with E-state index in [0.717, 1.165) is 12.0 Å². The zero-order valence-electron chi connectivity index (χ0n) is 19.2. The normalized spacial score (nSPS) is 17.2. The molecule has 34 heavy (non-hydrogen) atoms. The fourth-order valence-electron chi connectivity index (χ4n) is 3.69. The van der Waals surface area contributed by atoms with Gasteiger partial charge in [-0.3, -0.25) is 9.59 Å². The van der Waals surface area contributed by atoms with Crippen molar-refractivity contribution in [3.8, 4) is 0 Å². The number of hydrogen-bond acceptors (Lipinski definition) is 3. The summed E-state index contributed by atoms with van der Waals surface area (Å²) in [6, 6.07) is 22.9. The Morgan fingerprint density at radius 2 is 1.41 bits per heavy atom. The molecule has 4 N–H and O–H groups in total. The maximum Gasteiger partial charge on any atom is 0.323 e. The molecule has 0 aromatic heterocycles. The lowest BCUT2D eigenvalue weighted by atomic mass is 10.1. The number of rotatable bonds is 7. The molecule has 4 rings (SSSR count). The lowest BCUT2D eigenvalue weighted by molar-refractivity contribution is -0.117. The van der Waals surface area contributed by atoms with Crippen LogP contribution in [0, 0.1) is 11.8 Å². The fraction of sp³-hybridized carbons (Fsp3) is 0.222. The Kier molecular flexibility index (Phi) is 6.92. The third kappa shape index (κ3) is 6.01. The lowest BCUT2D eigenvalue weighted by Gasteiger charge is -2.16. The Morgan fingerprint density at radius 3 is 2.06 bits per heavy atom. The molecule has 3 aromatic rings. The Morgan fingerprint density at radius 1 is 0.794 bits per heavy atom. The summed E-state index contributed by atoms with van der Waals surface area (Å²) in [6.45, 7) is 3.94. The highest BCUT2D eigenvalue weighted by atomic mass is 16.2. The van der Waals surface area contributed by atoms with E-state index in [4.69, 9.17) is 0 Å². The van der Waals surface area contributed by atoms with Crippen LogP contribution in [0.4, 0.5) is 21.9 Å². The summed E-state index contributed by atoms with van der Waals surface area (Å²) in [6.07, 6.45) is 0.912. The first-order valence-corrected chi connectivity index (χ1v) is 11.3. The van der Waals surface area contributed by atoms with E-state index in [1.54, 1.807) is 36.4 Å². The molecule has 0 radical (unpaired) electrons. The number of benzene rings is 3. The molecular weight excluding hydrogens is 428 g/mol.